The van der Waals surface area contributed by atoms with Crippen molar-refractivity contribution in [2.75, 3.05) is 12.4 Å². The number of nitrogens with one attached hydrogen (secondary N) is 1. The Morgan fingerprint density at radius 2 is 2.08 bits per heavy atom. The number of nitrogens with zero attached hydrogens (tertiary/aromatic N) is 1. The van der Waals surface area contributed by atoms with E-state index in [1.54, 1.807) is 11.3 Å². The first-order chi connectivity index (χ1) is 6.22. The van der Waals surface area contributed by atoms with Crippen LogP contribution in [0.25, 0.3) is 10.2 Å². The summed E-state index contributed by atoms with van der Waals surface area (Å²) in [7, 11) is 1.91. The average molecular weight is 192 g/mol. The fourth-order valence-electron chi connectivity index (χ4n) is 1.42. The van der Waals surface area contributed by atoms with Crippen LogP contribution in [-0.2, 0) is 0 Å². The van der Waals surface area contributed by atoms with E-state index in [0.717, 1.165) is 11.3 Å². The molecule has 0 fully saturated rings. The number of anilines is 1. The summed E-state index contributed by atoms with van der Waals surface area (Å²) in [6, 6.07) is 2.19. The van der Waals surface area contributed by atoms with E-state index in [4.69, 9.17) is 0 Å². The Balaban J connectivity index is 2.77. The van der Waals surface area contributed by atoms with Crippen molar-refractivity contribution in [2.24, 2.45) is 0 Å². The molecule has 0 unspecified atom stereocenters. The van der Waals surface area contributed by atoms with Gasteiger partial charge in [-0.3, -0.25) is 0 Å². The molecule has 0 aliphatic heterocycles. The van der Waals surface area contributed by atoms with E-state index in [0.29, 0.717) is 0 Å². The molecule has 68 valence electrons. The van der Waals surface area contributed by atoms with Gasteiger partial charge in [-0.05, 0) is 36.4 Å². The molecular weight excluding hydrogens is 180 g/mol. The van der Waals surface area contributed by atoms with E-state index < -0.39 is 0 Å². The molecule has 0 saturated heterocycles. The molecule has 0 amide bonds. The maximum Gasteiger partial charge on any atom is 0.129 e. The van der Waals surface area contributed by atoms with E-state index in [2.05, 4.69) is 35.6 Å². The summed E-state index contributed by atoms with van der Waals surface area (Å²) in [6.45, 7) is 4.17. The quantitative estimate of drug-likeness (QED) is 0.751. The lowest BCUT2D eigenvalue weighted by molar-refractivity contribution is 1.28. The summed E-state index contributed by atoms with van der Waals surface area (Å²) in [4.78, 5) is 4.55. The monoisotopic (exact) mass is 192 g/mol. The molecule has 0 saturated carbocycles. The lowest BCUT2D eigenvalue weighted by Gasteiger charge is -2.03. The minimum atomic E-state index is 0.981. The second-order valence-corrected chi connectivity index (χ2v) is 4.08. The van der Waals surface area contributed by atoms with Crippen LogP contribution in [0, 0.1) is 13.8 Å². The Kier molecular flexibility index (Phi) is 1.96. The molecule has 2 rings (SSSR count). The number of fused-ring (bicyclic) bond motifs is 1. The first kappa shape index (κ1) is 8.51. The molecule has 0 atom stereocenters. The van der Waals surface area contributed by atoms with E-state index >= 15 is 0 Å². The van der Waals surface area contributed by atoms with Crippen molar-refractivity contribution in [3.8, 4) is 0 Å². The zero-order chi connectivity index (χ0) is 9.42. The maximum absolute atomic E-state index is 4.55. The van der Waals surface area contributed by atoms with E-state index in [1.807, 2.05) is 7.05 Å². The van der Waals surface area contributed by atoms with Crippen molar-refractivity contribution in [1.29, 1.82) is 0 Å². The van der Waals surface area contributed by atoms with Crippen LogP contribution in [-0.4, -0.2) is 12.0 Å². The SMILES string of the molecule is CNc1nc2c(C)csc2cc1C. The van der Waals surface area contributed by atoms with Gasteiger partial charge in [0.2, 0.25) is 0 Å². The van der Waals surface area contributed by atoms with Gasteiger partial charge in [0, 0.05) is 7.05 Å². The summed E-state index contributed by atoms with van der Waals surface area (Å²) in [5, 5.41) is 5.25. The van der Waals surface area contributed by atoms with Gasteiger partial charge in [0.1, 0.15) is 5.82 Å². The molecule has 2 heterocycles. The molecular formula is C10H12N2S. The van der Waals surface area contributed by atoms with Gasteiger partial charge in [0.25, 0.3) is 0 Å². The fourth-order valence-corrected chi connectivity index (χ4v) is 2.40. The highest BCUT2D eigenvalue weighted by Crippen LogP contribution is 2.27. The van der Waals surface area contributed by atoms with Gasteiger partial charge in [-0.25, -0.2) is 4.98 Å². The third-order valence-corrected chi connectivity index (χ3v) is 3.19. The fraction of sp³-hybridized carbons (Fsp3) is 0.300. The molecule has 1 N–H and O–H groups in total. The van der Waals surface area contributed by atoms with Gasteiger partial charge < -0.3 is 5.32 Å². The highest BCUT2D eigenvalue weighted by molar-refractivity contribution is 7.17. The molecule has 0 aliphatic carbocycles. The van der Waals surface area contributed by atoms with Gasteiger partial charge in [-0.2, -0.15) is 0 Å². The predicted octanol–water partition coefficient (Wildman–Crippen LogP) is 2.95. The van der Waals surface area contributed by atoms with Crippen LogP contribution in [0.3, 0.4) is 0 Å². The number of rotatable bonds is 1. The molecule has 2 aromatic rings. The zero-order valence-corrected chi connectivity index (χ0v) is 8.83. The van der Waals surface area contributed by atoms with Crippen molar-refractivity contribution in [3.63, 3.8) is 0 Å². The second kappa shape index (κ2) is 3.00. The number of aryl methyl sites for hydroxylation is 2. The van der Waals surface area contributed by atoms with Crippen LogP contribution >= 0.6 is 11.3 Å². The van der Waals surface area contributed by atoms with Gasteiger partial charge in [0.15, 0.2) is 0 Å². The average Bonchev–Trinajstić information content (AvgIpc) is 2.46. The molecule has 0 bridgehead atoms. The smallest absolute Gasteiger partial charge is 0.129 e. The second-order valence-electron chi connectivity index (χ2n) is 3.17. The van der Waals surface area contributed by atoms with Crippen LogP contribution in [0.5, 0.6) is 0 Å². The molecule has 0 aromatic carbocycles. The standard InChI is InChI=1S/C10H12N2S/c1-6-4-8-9(7(2)5-13-8)12-10(6)11-3/h4-5H,1-3H3,(H,11,12). The molecule has 0 aliphatic rings. The number of pyridine rings is 1. The van der Waals surface area contributed by atoms with Crippen LogP contribution in [0.2, 0.25) is 0 Å². The van der Waals surface area contributed by atoms with Crippen LogP contribution < -0.4 is 5.32 Å². The van der Waals surface area contributed by atoms with E-state index in [9.17, 15) is 0 Å². The number of hydrogen-bond donors (Lipinski definition) is 1. The minimum absolute atomic E-state index is 0.981. The summed E-state index contributed by atoms with van der Waals surface area (Å²) >= 11 is 1.76. The minimum Gasteiger partial charge on any atom is -0.373 e. The lowest BCUT2D eigenvalue weighted by atomic mass is 10.2. The van der Waals surface area contributed by atoms with E-state index in [-0.39, 0.29) is 0 Å². The first-order valence-electron chi connectivity index (χ1n) is 4.25. The van der Waals surface area contributed by atoms with Crippen molar-refractivity contribution >= 4 is 27.4 Å². The highest BCUT2D eigenvalue weighted by Gasteiger charge is 2.05. The Labute approximate surface area is 81.6 Å². The molecule has 0 radical (unpaired) electrons. The Morgan fingerprint density at radius 1 is 1.31 bits per heavy atom. The lowest BCUT2D eigenvalue weighted by Crippen LogP contribution is -1.95. The van der Waals surface area contributed by atoms with Crippen molar-refractivity contribution in [2.45, 2.75) is 13.8 Å². The molecule has 13 heavy (non-hydrogen) atoms. The maximum atomic E-state index is 4.55. The molecule has 3 heteroatoms. The Bertz CT molecular complexity index is 445. The van der Waals surface area contributed by atoms with Gasteiger partial charge in [0.05, 0.1) is 10.2 Å². The van der Waals surface area contributed by atoms with Crippen LogP contribution in [0.1, 0.15) is 11.1 Å². The third-order valence-electron chi connectivity index (χ3n) is 2.15. The summed E-state index contributed by atoms with van der Waals surface area (Å²) in [6.07, 6.45) is 0. The summed E-state index contributed by atoms with van der Waals surface area (Å²) in [5.74, 6) is 0.981. The largest absolute Gasteiger partial charge is 0.373 e. The van der Waals surface area contributed by atoms with Gasteiger partial charge in [-0.15, -0.1) is 11.3 Å². The third kappa shape index (κ3) is 1.29. The number of hydrogen-bond acceptors (Lipinski definition) is 3. The highest BCUT2D eigenvalue weighted by atomic mass is 32.1. The normalized spacial score (nSPS) is 10.7. The Morgan fingerprint density at radius 3 is 2.77 bits per heavy atom. The number of aromatic nitrogens is 1. The first-order valence-corrected chi connectivity index (χ1v) is 5.13. The number of thiophene rings is 1. The van der Waals surface area contributed by atoms with Crippen LogP contribution in [0.4, 0.5) is 5.82 Å². The van der Waals surface area contributed by atoms with Crippen molar-refractivity contribution in [1.82, 2.24) is 4.98 Å². The zero-order valence-electron chi connectivity index (χ0n) is 8.01. The van der Waals surface area contributed by atoms with Gasteiger partial charge in [-0.1, -0.05) is 0 Å². The van der Waals surface area contributed by atoms with Crippen molar-refractivity contribution in [3.05, 3.63) is 22.6 Å². The van der Waals surface area contributed by atoms with Crippen molar-refractivity contribution < 1.29 is 0 Å². The summed E-state index contributed by atoms with van der Waals surface area (Å²) < 4.78 is 1.27. The van der Waals surface area contributed by atoms with E-state index in [1.165, 1.54) is 15.8 Å². The van der Waals surface area contributed by atoms with Gasteiger partial charge >= 0.3 is 0 Å². The molecule has 2 aromatic heterocycles. The van der Waals surface area contributed by atoms with Crippen LogP contribution in [0.15, 0.2) is 11.4 Å². The Hall–Kier alpha value is -1.09. The summed E-state index contributed by atoms with van der Waals surface area (Å²) in [5.41, 5.74) is 3.59. The molecule has 0 spiro atoms. The topological polar surface area (TPSA) is 24.9 Å². The molecule has 2 nitrogen and oxygen atoms in total. The predicted molar refractivity (Wildman–Crippen MR) is 58.6 cm³/mol.